The number of hydrogen-bond donors (Lipinski definition) is 2. The summed E-state index contributed by atoms with van der Waals surface area (Å²) in [5.41, 5.74) is 6.34. The largest absolute Gasteiger partial charge is 0.377 e. The number of nitrogens with zero attached hydrogens (tertiary/aromatic N) is 1. The summed E-state index contributed by atoms with van der Waals surface area (Å²) in [6.45, 7) is 0. The predicted molar refractivity (Wildman–Crippen MR) is 86.6 cm³/mol. The first kappa shape index (κ1) is 16.7. The molecule has 2 rings (SSSR count). The number of hydrogen-bond acceptors (Lipinski definition) is 6. The van der Waals surface area contributed by atoms with Crippen LogP contribution in [0.25, 0.3) is 10.8 Å². The van der Waals surface area contributed by atoms with Crippen LogP contribution in [0.4, 0.5) is 5.69 Å². The summed E-state index contributed by atoms with van der Waals surface area (Å²) >= 11 is 0. The molecule has 0 radical (unpaired) electrons. The van der Waals surface area contributed by atoms with E-state index in [4.69, 9.17) is 11.0 Å². The van der Waals surface area contributed by atoms with Crippen LogP contribution in [-0.4, -0.2) is 39.8 Å². The van der Waals surface area contributed by atoms with Crippen LogP contribution in [0.5, 0.6) is 0 Å². The number of fused-ring (bicyclic) bond motifs is 1. The second-order valence-corrected chi connectivity index (χ2v) is 7.35. The van der Waals surface area contributed by atoms with Crippen molar-refractivity contribution in [2.45, 2.75) is 17.5 Å². The standard InChI is InChI=1S/C15H20N2O4S/c1-17(2)13-7-3-6-12-11(13)5-4-8-14(12)22(19,20)10-9-15(16)21-18/h3-8,15,18H,9-10,16H2,1-2H3. The highest BCUT2D eigenvalue weighted by molar-refractivity contribution is 7.91. The molecule has 0 fully saturated rings. The molecular formula is C15H20N2O4S. The molecule has 0 heterocycles. The Morgan fingerprint density at radius 3 is 2.45 bits per heavy atom. The van der Waals surface area contributed by atoms with E-state index < -0.39 is 16.1 Å². The molecule has 0 bridgehead atoms. The van der Waals surface area contributed by atoms with Crippen molar-refractivity contribution in [2.24, 2.45) is 5.73 Å². The molecule has 1 unspecified atom stereocenters. The van der Waals surface area contributed by atoms with Crippen LogP contribution in [-0.2, 0) is 14.7 Å². The highest BCUT2D eigenvalue weighted by atomic mass is 32.2. The molecule has 22 heavy (non-hydrogen) atoms. The van der Waals surface area contributed by atoms with E-state index in [1.54, 1.807) is 18.2 Å². The lowest BCUT2D eigenvalue weighted by atomic mass is 10.1. The molecule has 0 aliphatic carbocycles. The van der Waals surface area contributed by atoms with Crippen molar-refractivity contribution in [2.75, 3.05) is 24.7 Å². The molecule has 6 nitrogen and oxygen atoms in total. The number of nitrogens with two attached hydrogens (primary N) is 1. The van der Waals surface area contributed by atoms with Crippen molar-refractivity contribution in [3.05, 3.63) is 36.4 Å². The average molecular weight is 324 g/mol. The van der Waals surface area contributed by atoms with Gasteiger partial charge >= 0.3 is 0 Å². The zero-order valence-corrected chi connectivity index (χ0v) is 13.4. The fraction of sp³-hybridized carbons (Fsp3) is 0.333. The molecule has 0 saturated heterocycles. The van der Waals surface area contributed by atoms with Crippen molar-refractivity contribution in [1.29, 1.82) is 0 Å². The van der Waals surface area contributed by atoms with Gasteiger partial charge in [-0.1, -0.05) is 24.3 Å². The van der Waals surface area contributed by atoms with Gasteiger partial charge < -0.3 is 10.6 Å². The first-order valence-electron chi connectivity index (χ1n) is 6.84. The van der Waals surface area contributed by atoms with Crippen LogP contribution in [0.3, 0.4) is 0 Å². The van der Waals surface area contributed by atoms with Crippen molar-refractivity contribution >= 4 is 26.3 Å². The number of anilines is 1. The Labute approximate surface area is 129 Å². The lowest BCUT2D eigenvalue weighted by Gasteiger charge is -2.17. The maximum Gasteiger partial charge on any atom is 0.179 e. The lowest BCUT2D eigenvalue weighted by Crippen LogP contribution is -2.25. The second kappa shape index (κ2) is 6.62. The van der Waals surface area contributed by atoms with Gasteiger partial charge in [-0.05, 0) is 12.1 Å². The zero-order valence-electron chi connectivity index (χ0n) is 12.6. The minimum Gasteiger partial charge on any atom is -0.377 e. The Balaban J connectivity index is 2.50. The van der Waals surface area contributed by atoms with E-state index in [1.807, 2.05) is 37.2 Å². The normalized spacial score (nSPS) is 13.3. The quantitative estimate of drug-likeness (QED) is 0.478. The third kappa shape index (κ3) is 3.38. The third-order valence-corrected chi connectivity index (χ3v) is 5.28. The van der Waals surface area contributed by atoms with Gasteiger partial charge in [0.05, 0.1) is 10.6 Å². The molecule has 0 amide bonds. The molecule has 120 valence electrons. The topological polar surface area (TPSA) is 92.9 Å². The minimum absolute atomic E-state index is 0.0165. The smallest absolute Gasteiger partial charge is 0.179 e. The molecule has 2 aromatic carbocycles. The molecule has 0 saturated carbocycles. The number of sulfone groups is 1. The average Bonchev–Trinajstić information content (AvgIpc) is 2.51. The molecule has 2 aromatic rings. The van der Waals surface area contributed by atoms with Gasteiger partial charge in [-0.15, -0.1) is 0 Å². The van der Waals surface area contributed by atoms with Crippen molar-refractivity contribution in [3.8, 4) is 0 Å². The molecule has 0 aromatic heterocycles. The predicted octanol–water partition coefficient (Wildman–Crippen LogP) is 1.84. The Bertz CT molecular complexity index is 759. The Kier molecular flexibility index (Phi) is 5.02. The van der Waals surface area contributed by atoms with Gasteiger partial charge in [-0.3, -0.25) is 5.26 Å². The van der Waals surface area contributed by atoms with E-state index in [9.17, 15) is 8.42 Å². The van der Waals surface area contributed by atoms with Crippen molar-refractivity contribution < 1.29 is 18.6 Å². The lowest BCUT2D eigenvalue weighted by molar-refractivity contribution is -0.277. The fourth-order valence-corrected chi connectivity index (χ4v) is 3.92. The van der Waals surface area contributed by atoms with Gasteiger partial charge in [0.15, 0.2) is 9.84 Å². The molecule has 1 atom stereocenters. The second-order valence-electron chi connectivity index (χ2n) is 5.27. The Morgan fingerprint density at radius 2 is 1.82 bits per heavy atom. The summed E-state index contributed by atoms with van der Waals surface area (Å²) in [4.78, 5) is 6.13. The van der Waals surface area contributed by atoms with Crippen LogP contribution in [0.1, 0.15) is 6.42 Å². The van der Waals surface area contributed by atoms with E-state index in [2.05, 4.69) is 4.89 Å². The molecule has 7 heteroatoms. The molecule has 3 N–H and O–H groups in total. The molecule has 0 aliphatic heterocycles. The van der Waals surface area contributed by atoms with Gasteiger partial charge in [0, 0.05) is 37.0 Å². The summed E-state index contributed by atoms with van der Waals surface area (Å²) in [6, 6.07) is 10.8. The van der Waals surface area contributed by atoms with Gasteiger partial charge in [0.1, 0.15) is 6.23 Å². The van der Waals surface area contributed by atoms with Gasteiger partial charge in [-0.2, -0.15) is 0 Å². The summed E-state index contributed by atoms with van der Waals surface area (Å²) in [7, 11) is 0.296. The molecule has 0 aliphatic rings. The van der Waals surface area contributed by atoms with Crippen LogP contribution < -0.4 is 10.6 Å². The maximum absolute atomic E-state index is 12.5. The maximum atomic E-state index is 12.5. The SMILES string of the molecule is CN(C)c1cccc2c(S(=O)(=O)CCC(N)OO)cccc12. The highest BCUT2D eigenvalue weighted by Crippen LogP contribution is 2.30. The van der Waals surface area contributed by atoms with Crippen LogP contribution in [0.2, 0.25) is 0 Å². The van der Waals surface area contributed by atoms with Crippen LogP contribution in [0, 0.1) is 0 Å². The zero-order chi connectivity index (χ0) is 16.3. The minimum atomic E-state index is -3.52. The molecular weight excluding hydrogens is 304 g/mol. The van der Waals surface area contributed by atoms with Crippen molar-refractivity contribution in [3.63, 3.8) is 0 Å². The number of benzene rings is 2. The highest BCUT2D eigenvalue weighted by Gasteiger charge is 2.20. The fourth-order valence-electron chi connectivity index (χ4n) is 2.36. The Morgan fingerprint density at radius 1 is 1.18 bits per heavy atom. The first-order chi connectivity index (χ1) is 10.4. The summed E-state index contributed by atoms with van der Waals surface area (Å²) in [5.74, 6) is -0.194. The molecule has 0 spiro atoms. The summed E-state index contributed by atoms with van der Waals surface area (Å²) in [6.07, 6.45) is -0.995. The monoisotopic (exact) mass is 324 g/mol. The van der Waals surface area contributed by atoms with E-state index in [-0.39, 0.29) is 17.1 Å². The third-order valence-electron chi connectivity index (χ3n) is 3.48. The summed E-state index contributed by atoms with van der Waals surface area (Å²) in [5, 5.41) is 9.99. The van der Waals surface area contributed by atoms with Crippen LogP contribution >= 0.6 is 0 Å². The van der Waals surface area contributed by atoms with Gasteiger partial charge in [-0.25, -0.2) is 13.3 Å². The van der Waals surface area contributed by atoms with Crippen LogP contribution in [0.15, 0.2) is 41.3 Å². The van der Waals surface area contributed by atoms with E-state index in [0.29, 0.717) is 5.39 Å². The Hall–Kier alpha value is -1.67. The first-order valence-corrected chi connectivity index (χ1v) is 8.49. The van der Waals surface area contributed by atoms with Gasteiger partial charge in [0.2, 0.25) is 0 Å². The van der Waals surface area contributed by atoms with Gasteiger partial charge in [0.25, 0.3) is 0 Å². The van der Waals surface area contributed by atoms with E-state index in [1.165, 1.54) is 0 Å². The summed E-state index contributed by atoms with van der Waals surface area (Å²) < 4.78 is 25.1. The van der Waals surface area contributed by atoms with E-state index >= 15 is 0 Å². The van der Waals surface area contributed by atoms with Crippen molar-refractivity contribution in [1.82, 2.24) is 0 Å². The van der Waals surface area contributed by atoms with E-state index in [0.717, 1.165) is 11.1 Å². The number of rotatable bonds is 6.